The second kappa shape index (κ2) is 4.53. The second-order valence-corrected chi connectivity index (χ2v) is 5.55. The van der Waals surface area contributed by atoms with Gasteiger partial charge in [0.25, 0.3) is 5.54 Å². The normalized spacial score (nSPS) is 35.9. The summed E-state index contributed by atoms with van der Waals surface area (Å²) in [6, 6.07) is 0. The number of ether oxygens (including phenoxy) is 1. The molecule has 1 fully saturated rings. The maximum absolute atomic E-state index is 11.5. The van der Waals surface area contributed by atoms with E-state index in [0.29, 0.717) is 5.57 Å². The number of nitrogens with zero attached hydrogens (tertiary/aromatic N) is 2. The van der Waals surface area contributed by atoms with Crippen molar-refractivity contribution in [3.05, 3.63) is 31.9 Å². The van der Waals surface area contributed by atoms with Crippen LogP contribution in [0.25, 0.3) is 0 Å². The summed E-state index contributed by atoms with van der Waals surface area (Å²) in [5.41, 5.74) is -2.43. The number of rotatable bonds is 3. The zero-order valence-electron chi connectivity index (χ0n) is 11.3. The number of hydrogen-bond donors (Lipinski definition) is 0. The highest BCUT2D eigenvalue weighted by Gasteiger charge is 2.67. The fourth-order valence-corrected chi connectivity index (χ4v) is 3.33. The van der Waals surface area contributed by atoms with Gasteiger partial charge in [-0.15, -0.1) is 0 Å². The topological polar surface area (TPSA) is 113 Å². The van der Waals surface area contributed by atoms with E-state index in [1.165, 1.54) is 6.92 Å². The van der Waals surface area contributed by atoms with Crippen molar-refractivity contribution in [2.45, 2.75) is 56.7 Å². The minimum Gasteiger partial charge on any atom is -0.455 e. The molecule has 3 atom stereocenters. The van der Waals surface area contributed by atoms with E-state index in [4.69, 9.17) is 4.74 Å². The molecule has 2 bridgehead atoms. The van der Waals surface area contributed by atoms with Crippen LogP contribution in [0.1, 0.15) is 39.5 Å². The molecule has 0 spiro atoms. The molecule has 0 aromatic carbocycles. The maximum Gasteiger partial charge on any atom is 0.303 e. The molecular weight excluding hydrogens is 268 g/mol. The molecule has 2 aliphatic rings. The summed E-state index contributed by atoms with van der Waals surface area (Å²) < 4.78 is 5.07. The smallest absolute Gasteiger partial charge is 0.303 e. The molecule has 2 rings (SSSR count). The van der Waals surface area contributed by atoms with Crippen molar-refractivity contribution in [1.82, 2.24) is 0 Å². The summed E-state index contributed by atoms with van der Waals surface area (Å²) in [6.07, 6.45) is 0.750. The summed E-state index contributed by atoms with van der Waals surface area (Å²) in [6.45, 7) is 2.83. The predicted molar refractivity (Wildman–Crippen MR) is 67.2 cm³/mol. The van der Waals surface area contributed by atoms with Crippen molar-refractivity contribution in [2.75, 3.05) is 0 Å². The lowest BCUT2D eigenvalue weighted by atomic mass is 9.62. The molecule has 0 aliphatic heterocycles. The van der Waals surface area contributed by atoms with Crippen molar-refractivity contribution in [2.24, 2.45) is 0 Å². The van der Waals surface area contributed by atoms with Crippen molar-refractivity contribution in [3.63, 3.8) is 0 Å². The number of carbonyl (C=O) groups excluding carboxylic acids is 1. The number of fused-ring (bicyclic) bond motifs is 2. The van der Waals surface area contributed by atoms with Crippen molar-refractivity contribution >= 4 is 5.97 Å². The Morgan fingerprint density at radius 2 is 2.05 bits per heavy atom. The lowest BCUT2D eigenvalue weighted by Crippen LogP contribution is -2.63. The fourth-order valence-electron chi connectivity index (χ4n) is 3.33. The SMILES string of the molecule is CC(=O)OC1CCC2([N+](=O)[O-])CC1([N+](=O)[O-])CC=C2C. The van der Waals surface area contributed by atoms with Gasteiger partial charge in [-0.2, -0.15) is 0 Å². The molecule has 0 radical (unpaired) electrons. The van der Waals surface area contributed by atoms with Crippen LogP contribution in [0.4, 0.5) is 0 Å². The molecule has 0 aromatic rings. The first-order valence-electron chi connectivity index (χ1n) is 6.38. The summed E-state index contributed by atoms with van der Waals surface area (Å²) >= 11 is 0. The Morgan fingerprint density at radius 1 is 1.40 bits per heavy atom. The molecule has 20 heavy (non-hydrogen) atoms. The first-order valence-corrected chi connectivity index (χ1v) is 6.38. The minimum atomic E-state index is -1.59. The van der Waals surface area contributed by atoms with Gasteiger partial charge in [-0.1, -0.05) is 6.08 Å². The quantitative estimate of drug-likeness (QED) is 0.336. The maximum atomic E-state index is 11.5. The molecule has 8 nitrogen and oxygen atoms in total. The van der Waals surface area contributed by atoms with Crippen LogP contribution in [-0.4, -0.2) is 33.0 Å². The van der Waals surface area contributed by atoms with Gasteiger partial charge >= 0.3 is 5.97 Å². The third kappa shape index (κ3) is 1.86. The Balaban J connectivity index is 2.48. The standard InChI is InChI=1S/C12H16N2O6/c1-8-3-5-12(14(18)19)7-11(8,13(16)17)6-4-10(12)20-9(2)15/h3,10H,4-7H2,1-2H3. The number of esters is 1. The minimum absolute atomic E-state index is 0.0549. The number of hydrogen-bond acceptors (Lipinski definition) is 6. The second-order valence-electron chi connectivity index (χ2n) is 5.55. The molecular formula is C12H16N2O6. The van der Waals surface area contributed by atoms with E-state index >= 15 is 0 Å². The largest absolute Gasteiger partial charge is 0.455 e. The zero-order chi connectivity index (χ0) is 15.1. The van der Waals surface area contributed by atoms with E-state index in [2.05, 4.69) is 0 Å². The van der Waals surface area contributed by atoms with Crippen LogP contribution in [0.5, 0.6) is 0 Å². The first-order chi connectivity index (χ1) is 9.24. The molecule has 8 heteroatoms. The predicted octanol–water partition coefficient (Wildman–Crippen LogP) is 1.48. The van der Waals surface area contributed by atoms with Crippen LogP contribution < -0.4 is 0 Å². The van der Waals surface area contributed by atoms with Crippen LogP contribution >= 0.6 is 0 Å². The molecule has 0 saturated heterocycles. The van der Waals surface area contributed by atoms with E-state index in [9.17, 15) is 25.0 Å². The Kier molecular flexibility index (Phi) is 3.27. The Labute approximate surface area is 115 Å². The Bertz CT molecular complexity index is 516. The average Bonchev–Trinajstić information content (AvgIpc) is 2.35. The van der Waals surface area contributed by atoms with Crippen LogP contribution in [0, 0.1) is 20.2 Å². The summed E-state index contributed by atoms with van der Waals surface area (Å²) in [5.74, 6) is -0.601. The molecule has 3 unspecified atom stereocenters. The van der Waals surface area contributed by atoms with E-state index in [-0.39, 0.29) is 25.7 Å². The number of carbonyl (C=O) groups is 1. The zero-order valence-corrected chi connectivity index (χ0v) is 11.3. The van der Waals surface area contributed by atoms with Gasteiger partial charge in [-0.25, -0.2) is 0 Å². The summed E-state index contributed by atoms with van der Waals surface area (Å²) in [7, 11) is 0. The van der Waals surface area contributed by atoms with Crippen molar-refractivity contribution in [3.8, 4) is 0 Å². The van der Waals surface area contributed by atoms with Crippen molar-refractivity contribution in [1.29, 1.82) is 0 Å². The van der Waals surface area contributed by atoms with E-state index < -0.39 is 33.0 Å². The van der Waals surface area contributed by atoms with Gasteiger partial charge in [-0.05, 0) is 18.9 Å². The molecule has 2 aliphatic carbocycles. The van der Waals surface area contributed by atoms with E-state index in [0.717, 1.165) is 0 Å². The summed E-state index contributed by atoms with van der Waals surface area (Å²) in [5, 5.41) is 22.9. The summed E-state index contributed by atoms with van der Waals surface area (Å²) in [4.78, 5) is 33.1. The molecule has 0 N–H and O–H groups in total. The molecule has 0 aromatic heterocycles. The van der Waals surface area contributed by atoms with Gasteiger partial charge in [0.1, 0.15) is 0 Å². The number of nitro groups is 2. The van der Waals surface area contributed by atoms with Gasteiger partial charge in [-0.3, -0.25) is 25.0 Å². The highest BCUT2D eigenvalue weighted by Crippen LogP contribution is 2.49. The Hall–Kier alpha value is -1.99. The van der Waals surface area contributed by atoms with E-state index in [1.54, 1.807) is 13.0 Å². The van der Waals surface area contributed by atoms with Crippen LogP contribution in [0.15, 0.2) is 11.6 Å². The van der Waals surface area contributed by atoms with Gasteiger partial charge in [0.15, 0.2) is 6.10 Å². The van der Waals surface area contributed by atoms with Gasteiger partial charge in [0.2, 0.25) is 5.54 Å². The van der Waals surface area contributed by atoms with E-state index in [1.807, 2.05) is 0 Å². The average molecular weight is 284 g/mol. The molecule has 1 saturated carbocycles. The third-order valence-corrected chi connectivity index (χ3v) is 4.54. The van der Waals surface area contributed by atoms with Crippen molar-refractivity contribution < 1.29 is 19.4 Å². The third-order valence-electron chi connectivity index (χ3n) is 4.54. The van der Waals surface area contributed by atoms with Gasteiger partial charge in [0, 0.05) is 29.6 Å². The molecule has 110 valence electrons. The van der Waals surface area contributed by atoms with Crippen LogP contribution in [-0.2, 0) is 9.53 Å². The lowest BCUT2D eigenvalue weighted by molar-refractivity contribution is -0.628. The lowest BCUT2D eigenvalue weighted by Gasteiger charge is -2.44. The monoisotopic (exact) mass is 284 g/mol. The first kappa shape index (κ1) is 14.4. The van der Waals surface area contributed by atoms with Crippen LogP contribution in [0.2, 0.25) is 0 Å². The Morgan fingerprint density at radius 3 is 2.55 bits per heavy atom. The van der Waals surface area contributed by atoms with Crippen LogP contribution in [0.3, 0.4) is 0 Å². The fraction of sp³-hybridized carbons (Fsp3) is 0.750. The van der Waals surface area contributed by atoms with Gasteiger partial charge < -0.3 is 4.74 Å². The highest BCUT2D eigenvalue weighted by molar-refractivity contribution is 5.66. The highest BCUT2D eigenvalue weighted by atomic mass is 16.6. The van der Waals surface area contributed by atoms with Gasteiger partial charge in [0.05, 0.1) is 6.42 Å². The molecule has 0 heterocycles. The molecule has 0 amide bonds.